The Morgan fingerprint density at radius 1 is 1.36 bits per heavy atom. The first-order chi connectivity index (χ1) is 4.72. The van der Waals surface area contributed by atoms with E-state index < -0.39 is 5.97 Å². The maximum Gasteiger partial charge on any atom is 0.337 e. The molecule has 1 aromatic rings. The van der Waals surface area contributed by atoms with Gasteiger partial charge in [-0.25, -0.2) is 4.79 Å². The zero-order valence-electron chi connectivity index (χ0n) is 5.60. The molecule has 0 aromatic heterocycles. The maximum atomic E-state index is 10.3. The molecule has 0 bridgehead atoms. The third kappa shape index (κ3) is 2.26. The van der Waals surface area contributed by atoms with E-state index in [0.29, 0.717) is 5.69 Å². The van der Waals surface area contributed by atoms with E-state index >= 15 is 0 Å². The summed E-state index contributed by atoms with van der Waals surface area (Å²) >= 11 is 0. The molecule has 0 unspecified atom stereocenters. The van der Waals surface area contributed by atoms with Crippen molar-refractivity contribution < 1.29 is 27.0 Å². The van der Waals surface area contributed by atoms with Gasteiger partial charge in [0.05, 0.1) is 5.56 Å². The van der Waals surface area contributed by atoms with E-state index in [1.807, 2.05) is 0 Å². The SMILES string of the molecule is Nc1ccccc1C(=O)O.[Fe]. The minimum Gasteiger partial charge on any atom is -0.478 e. The Morgan fingerprint density at radius 3 is 2.27 bits per heavy atom. The number of rotatable bonds is 1. The van der Waals surface area contributed by atoms with Gasteiger partial charge in [-0.1, -0.05) is 12.1 Å². The predicted molar refractivity (Wildman–Crippen MR) is 37.8 cm³/mol. The van der Waals surface area contributed by atoms with E-state index in [1.165, 1.54) is 6.07 Å². The van der Waals surface area contributed by atoms with Crippen molar-refractivity contribution >= 4 is 11.7 Å². The monoisotopic (exact) mass is 193 g/mol. The molecule has 0 aliphatic rings. The van der Waals surface area contributed by atoms with E-state index in [4.69, 9.17) is 10.8 Å². The van der Waals surface area contributed by atoms with Gasteiger partial charge < -0.3 is 10.8 Å². The number of hydrogen-bond acceptors (Lipinski definition) is 2. The second-order valence-corrected chi connectivity index (χ2v) is 1.89. The molecule has 4 heteroatoms. The van der Waals surface area contributed by atoms with Crippen molar-refractivity contribution in [1.82, 2.24) is 0 Å². The Labute approximate surface area is 74.7 Å². The number of hydrogen-bond donors (Lipinski definition) is 2. The molecule has 0 aliphatic heterocycles. The predicted octanol–water partition coefficient (Wildman–Crippen LogP) is 0.965. The molecule has 60 valence electrons. The summed E-state index contributed by atoms with van der Waals surface area (Å²) < 4.78 is 0. The number of aromatic carboxylic acids is 1. The maximum absolute atomic E-state index is 10.3. The number of nitrogens with two attached hydrogens (primary N) is 1. The van der Waals surface area contributed by atoms with E-state index in [0.717, 1.165) is 0 Å². The molecule has 0 radical (unpaired) electrons. The van der Waals surface area contributed by atoms with Crippen molar-refractivity contribution in [2.45, 2.75) is 0 Å². The molecule has 0 aliphatic carbocycles. The normalized spacial score (nSPS) is 8.36. The summed E-state index contributed by atoms with van der Waals surface area (Å²) in [6.45, 7) is 0. The van der Waals surface area contributed by atoms with Gasteiger partial charge in [0.25, 0.3) is 0 Å². The Morgan fingerprint density at radius 2 is 1.91 bits per heavy atom. The molecule has 11 heavy (non-hydrogen) atoms. The molecule has 3 nitrogen and oxygen atoms in total. The van der Waals surface area contributed by atoms with E-state index in [9.17, 15) is 4.79 Å². The molecular weight excluding hydrogens is 186 g/mol. The van der Waals surface area contributed by atoms with E-state index in [1.54, 1.807) is 18.2 Å². The molecule has 3 N–H and O–H groups in total. The minimum atomic E-state index is -0.988. The number of nitrogen functional groups attached to an aromatic ring is 1. The minimum absolute atomic E-state index is 0. The quantitative estimate of drug-likeness (QED) is 0.515. The molecule has 0 saturated heterocycles. The van der Waals surface area contributed by atoms with Gasteiger partial charge in [0.2, 0.25) is 0 Å². The van der Waals surface area contributed by atoms with Crippen LogP contribution >= 0.6 is 0 Å². The average molecular weight is 193 g/mol. The number of benzene rings is 1. The van der Waals surface area contributed by atoms with Crippen molar-refractivity contribution in [1.29, 1.82) is 0 Å². The molecule has 0 amide bonds. The van der Waals surface area contributed by atoms with Crippen molar-refractivity contribution in [2.75, 3.05) is 5.73 Å². The topological polar surface area (TPSA) is 63.3 Å². The summed E-state index contributed by atoms with van der Waals surface area (Å²) in [7, 11) is 0. The molecule has 1 aromatic carbocycles. The van der Waals surface area contributed by atoms with Crippen LogP contribution < -0.4 is 5.73 Å². The van der Waals surface area contributed by atoms with E-state index in [2.05, 4.69) is 0 Å². The molecule has 0 heterocycles. The second kappa shape index (κ2) is 4.01. The van der Waals surface area contributed by atoms with Crippen LogP contribution in [0, 0.1) is 0 Å². The average Bonchev–Trinajstić information content (AvgIpc) is 1.88. The van der Waals surface area contributed by atoms with Crippen LogP contribution in [0.15, 0.2) is 24.3 Å². The van der Waals surface area contributed by atoms with Crippen molar-refractivity contribution in [3.8, 4) is 0 Å². The number of para-hydroxylation sites is 1. The van der Waals surface area contributed by atoms with Gasteiger partial charge in [-0.3, -0.25) is 0 Å². The van der Waals surface area contributed by atoms with Gasteiger partial charge in [0.1, 0.15) is 0 Å². The Balaban J connectivity index is 0.000001000. The number of carboxylic acids is 1. The summed E-state index contributed by atoms with van der Waals surface area (Å²) in [5.41, 5.74) is 5.80. The Hall–Kier alpha value is -0.991. The van der Waals surface area contributed by atoms with Crippen LogP contribution in [-0.4, -0.2) is 11.1 Å². The number of carbonyl (C=O) groups is 1. The molecule has 0 fully saturated rings. The summed E-state index contributed by atoms with van der Waals surface area (Å²) in [5, 5.41) is 8.49. The largest absolute Gasteiger partial charge is 0.478 e. The van der Waals surface area contributed by atoms with E-state index in [-0.39, 0.29) is 22.6 Å². The van der Waals surface area contributed by atoms with Crippen LogP contribution in [0.2, 0.25) is 0 Å². The van der Waals surface area contributed by atoms with Gasteiger partial charge in [-0.2, -0.15) is 0 Å². The van der Waals surface area contributed by atoms with Gasteiger partial charge in [0, 0.05) is 22.8 Å². The number of anilines is 1. The molecule has 0 saturated carbocycles. The van der Waals surface area contributed by atoms with Crippen LogP contribution in [-0.2, 0) is 17.1 Å². The fourth-order valence-corrected chi connectivity index (χ4v) is 0.692. The van der Waals surface area contributed by atoms with Gasteiger partial charge in [-0.05, 0) is 12.1 Å². The van der Waals surface area contributed by atoms with Crippen molar-refractivity contribution in [3.63, 3.8) is 0 Å². The summed E-state index contributed by atoms with van der Waals surface area (Å²) in [4.78, 5) is 10.3. The smallest absolute Gasteiger partial charge is 0.337 e. The Kier molecular flexibility index (Phi) is 3.65. The first-order valence-corrected chi connectivity index (χ1v) is 2.79. The molecular formula is C7H7FeNO2. The van der Waals surface area contributed by atoms with Gasteiger partial charge in [-0.15, -0.1) is 0 Å². The van der Waals surface area contributed by atoms with Crippen LogP contribution in [0.5, 0.6) is 0 Å². The van der Waals surface area contributed by atoms with Gasteiger partial charge >= 0.3 is 5.97 Å². The van der Waals surface area contributed by atoms with Crippen LogP contribution in [0.3, 0.4) is 0 Å². The fraction of sp³-hybridized carbons (Fsp3) is 0. The fourth-order valence-electron chi connectivity index (χ4n) is 0.692. The summed E-state index contributed by atoms with van der Waals surface area (Å²) in [6.07, 6.45) is 0. The zero-order valence-corrected chi connectivity index (χ0v) is 6.70. The molecule has 0 atom stereocenters. The molecule has 1 rings (SSSR count). The molecule has 0 spiro atoms. The first kappa shape index (κ1) is 10.0. The number of carboxylic acid groups (broad SMARTS) is 1. The van der Waals surface area contributed by atoms with Crippen LogP contribution in [0.25, 0.3) is 0 Å². The van der Waals surface area contributed by atoms with Crippen LogP contribution in [0.1, 0.15) is 10.4 Å². The standard InChI is InChI=1S/C7H7NO2.Fe/c8-6-4-2-1-3-5(6)7(9)10;/h1-4H,8H2,(H,9,10);. The summed E-state index contributed by atoms with van der Waals surface area (Å²) in [6, 6.07) is 6.36. The van der Waals surface area contributed by atoms with Crippen molar-refractivity contribution in [2.24, 2.45) is 0 Å². The third-order valence-corrected chi connectivity index (χ3v) is 1.19. The van der Waals surface area contributed by atoms with Gasteiger partial charge in [0.15, 0.2) is 0 Å². The Bertz CT molecular complexity index is 262. The van der Waals surface area contributed by atoms with Crippen molar-refractivity contribution in [3.05, 3.63) is 29.8 Å². The summed E-state index contributed by atoms with van der Waals surface area (Å²) in [5.74, 6) is -0.988. The second-order valence-electron chi connectivity index (χ2n) is 1.89. The van der Waals surface area contributed by atoms with Crippen LogP contribution in [0.4, 0.5) is 5.69 Å². The third-order valence-electron chi connectivity index (χ3n) is 1.19. The first-order valence-electron chi connectivity index (χ1n) is 2.79. The zero-order chi connectivity index (χ0) is 7.56.